The third-order valence-electron chi connectivity index (χ3n) is 7.23. The molecule has 0 bridgehead atoms. The number of β-amino-alcohol motifs (C(OH)–C–C–N with tert-alkyl or cyclic N) is 1. The van der Waals surface area contributed by atoms with Crippen molar-refractivity contribution in [3.63, 3.8) is 0 Å². The summed E-state index contributed by atoms with van der Waals surface area (Å²) in [4.78, 5) is 21.6. The van der Waals surface area contributed by atoms with Crippen LogP contribution in [0.4, 0.5) is 29.1 Å². The number of hydrogen-bond acceptors (Lipinski definition) is 6. The van der Waals surface area contributed by atoms with E-state index < -0.39 is 35.4 Å². The number of likely N-dealkylation sites (N-methyl/N-ethyl adjacent to an activating group) is 1. The molecule has 1 aliphatic rings. The Kier molecular flexibility index (Phi) is 8.09. The van der Waals surface area contributed by atoms with Gasteiger partial charge in [-0.05, 0) is 74.2 Å². The number of aliphatic hydroxyl groups is 2. The highest BCUT2D eigenvalue weighted by atomic mass is 19.4. The molecule has 7 nitrogen and oxygen atoms in total. The van der Waals surface area contributed by atoms with Crippen LogP contribution in [0, 0.1) is 12.7 Å². The fourth-order valence-corrected chi connectivity index (χ4v) is 5.09. The second-order valence-electron chi connectivity index (χ2n) is 10.5. The summed E-state index contributed by atoms with van der Waals surface area (Å²) in [6.45, 7) is 5.00. The largest absolute Gasteiger partial charge is 0.573 e. The van der Waals surface area contributed by atoms with Crippen LogP contribution < -0.4 is 14.5 Å². The molecule has 2 aromatic carbocycles. The number of rotatable bonds is 7. The average Bonchev–Trinajstić information content (AvgIpc) is 3.27. The molecular weight excluding hydrogens is 530 g/mol. The van der Waals surface area contributed by atoms with Crippen molar-refractivity contribution >= 4 is 17.4 Å². The average molecular weight is 562 g/mol. The maximum atomic E-state index is 14.0. The van der Waals surface area contributed by atoms with Crippen LogP contribution in [0.2, 0.25) is 0 Å². The van der Waals surface area contributed by atoms with Gasteiger partial charge in [-0.2, -0.15) is 0 Å². The van der Waals surface area contributed by atoms with Crippen molar-refractivity contribution in [3.8, 4) is 16.9 Å². The van der Waals surface area contributed by atoms with E-state index in [1.165, 1.54) is 42.4 Å². The van der Waals surface area contributed by atoms with Crippen molar-refractivity contribution in [2.24, 2.45) is 0 Å². The molecule has 0 aliphatic carbocycles. The molecule has 0 spiro atoms. The Labute approximate surface area is 229 Å². The highest BCUT2D eigenvalue weighted by Crippen LogP contribution is 2.39. The van der Waals surface area contributed by atoms with Crippen molar-refractivity contribution < 1.29 is 37.3 Å². The number of amides is 1. The van der Waals surface area contributed by atoms with Crippen LogP contribution in [0.15, 0.2) is 54.7 Å². The summed E-state index contributed by atoms with van der Waals surface area (Å²) in [6.07, 6.45) is -3.66. The Morgan fingerprint density at radius 3 is 2.52 bits per heavy atom. The lowest BCUT2D eigenvalue weighted by atomic mass is 9.83. The molecule has 11 heteroatoms. The Hall–Kier alpha value is -3.70. The standard InChI is InChI=1S/C29H31F4N3O4/c1-17-10-19(30)8-9-23(17)24-13-26(36-15-21(38)12-20(36)16-37)34-14-25(24)35(4)27(39)28(2,3)18-6-5-7-22(11-18)40-29(31,32)33/h5-11,13-14,20-21,37-38H,12,15-16H2,1-4H3. The van der Waals surface area contributed by atoms with Gasteiger partial charge in [0.2, 0.25) is 5.91 Å². The smallest absolute Gasteiger partial charge is 0.406 e. The number of ether oxygens (including phenoxy) is 1. The fourth-order valence-electron chi connectivity index (χ4n) is 5.09. The third kappa shape index (κ3) is 6.05. The van der Waals surface area contributed by atoms with E-state index in [1.807, 2.05) is 0 Å². The van der Waals surface area contributed by atoms with Crippen LogP contribution in [0.5, 0.6) is 5.75 Å². The monoisotopic (exact) mass is 561 g/mol. The van der Waals surface area contributed by atoms with Gasteiger partial charge < -0.3 is 24.7 Å². The van der Waals surface area contributed by atoms with Crippen molar-refractivity contribution in [3.05, 3.63) is 71.7 Å². The molecule has 214 valence electrons. The number of nitrogens with zero attached hydrogens (tertiary/aromatic N) is 3. The molecule has 4 rings (SSSR count). The number of halogens is 4. The maximum absolute atomic E-state index is 14.0. The van der Waals surface area contributed by atoms with E-state index in [9.17, 15) is 32.6 Å². The predicted molar refractivity (Wildman–Crippen MR) is 143 cm³/mol. The first-order valence-corrected chi connectivity index (χ1v) is 12.7. The van der Waals surface area contributed by atoms with Gasteiger partial charge in [0.15, 0.2) is 0 Å². The molecule has 2 heterocycles. The number of aryl methyl sites for hydroxylation is 1. The Bertz CT molecular complexity index is 1400. The van der Waals surface area contributed by atoms with Crippen molar-refractivity contribution in [1.82, 2.24) is 4.98 Å². The molecular formula is C29H31F4N3O4. The summed E-state index contributed by atoms with van der Waals surface area (Å²) in [6, 6.07) is 10.9. The maximum Gasteiger partial charge on any atom is 0.573 e. The van der Waals surface area contributed by atoms with Crippen LogP contribution in [0.1, 0.15) is 31.4 Å². The van der Waals surface area contributed by atoms with E-state index >= 15 is 0 Å². The van der Waals surface area contributed by atoms with Gasteiger partial charge in [-0.25, -0.2) is 9.37 Å². The molecule has 2 N–H and O–H groups in total. The minimum absolute atomic E-state index is 0.185. The molecule has 1 saturated heterocycles. The van der Waals surface area contributed by atoms with Crippen LogP contribution in [-0.2, 0) is 10.2 Å². The third-order valence-corrected chi connectivity index (χ3v) is 7.23. The van der Waals surface area contributed by atoms with Crippen LogP contribution in [0.25, 0.3) is 11.1 Å². The highest BCUT2D eigenvalue weighted by Gasteiger charge is 2.37. The lowest BCUT2D eigenvalue weighted by Gasteiger charge is -2.32. The molecule has 0 saturated carbocycles. The van der Waals surface area contributed by atoms with E-state index in [4.69, 9.17) is 0 Å². The number of carbonyl (C=O) groups is 1. The lowest BCUT2D eigenvalue weighted by molar-refractivity contribution is -0.274. The van der Waals surface area contributed by atoms with Gasteiger partial charge in [0.1, 0.15) is 17.4 Å². The number of aromatic nitrogens is 1. The normalized spacial score (nSPS) is 17.7. The van der Waals surface area contributed by atoms with Crippen molar-refractivity contribution in [2.45, 2.75) is 51.1 Å². The second-order valence-corrected chi connectivity index (χ2v) is 10.5. The molecule has 2 atom stereocenters. The molecule has 1 fully saturated rings. The molecule has 1 aliphatic heterocycles. The summed E-state index contributed by atoms with van der Waals surface area (Å²) >= 11 is 0. The number of aliphatic hydroxyl groups excluding tert-OH is 2. The molecule has 1 aromatic heterocycles. The van der Waals surface area contributed by atoms with Gasteiger partial charge in [0.05, 0.1) is 36.1 Å². The molecule has 3 aromatic rings. The summed E-state index contributed by atoms with van der Waals surface area (Å²) in [5.74, 6) is -0.827. The van der Waals surface area contributed by atoms with Crippen molar-refractivity contribution in [1.29, 1.82) is 0 Å². The summed E-state index contributed by atoms with van der Waals surface area (Å²) < 4.78 is 56.4. The van der Waals surface area contributed by atoms with Gasteiger partial charge in [-0.15, -0.1) is 13.2 Å². The van der Waals surface area contributed by atoms with E-state index in [-0.39, 0.29) is 19.2 Å². The first-order valence-electron chi connectivity index (χ1n) is 12.7. The van der Waals surface area contributed by atoms with Gasteiger partial charge in [0.25, 0.3) is 0 Å². The number of alkyl halides is 3. The van der Waals surface area contributed by atoms with E-state index in [0.717, 1.165) is 6.07 Å². The zero-order chi connectivity index (χ0) is 29.4. The minimum atomic E-state index is -4.88. The van der Waals surface area contributed by atoms with Gasteiger partial charge in [-0.3, -0.25) is 4.79 Å². The zero-order valence-electron chi connectivity index (χ0n) is 22.5. The SMILES string of the molecule is Cc1cc(F)ccc1-c1cc(N2CC(O)CC2CO)ncc1N(C)C(=O)C(C)(C)c1cccc(OC(F)(F)F)c1. The zero-order valence-corrected chi connectivity index (χ0v) is 22.5. The van der Waals surface area contributed by atoms with Crippen molar-refractivity contribution in [2.75, 3.05) is 30.0 Å². The quantitative estimate of drug-likeness (QED) is 0.397. The number of hydrogen-bond donors (Lipinski definition) is 2. The number of pyridine rings is 1. The van der Waals surface area contributed by atoms with E-state index in [0.29, 0.717) is 40.2 Å². The topological polar surface area (TPSA) is 86.1 Å². The fraction of sp³-hybridized carbons (Fsp3) is 0.379. The van der Waals surface area contributed by atoms with E-state index in [1.54, 1.807) is 43.9 Å². The highest BCUT2D eigenvalue weighted by molar-refractivity contribution is 6.03. The minimum Gasteiger partial charge on any atom is -0.406 e. The summed E-state index contributed by atoms with van der Waals surface area (Å²) in [5.41, 5.74) is 1.23. The molecule has 0 radical (unpaired) electrons. The Balaban J connectivity index is 1.76. The number of carbonyl (C=O) groups excluding carboxylic acids is 1. The summed E-state index contributed by atoms with van der Waals surface area (Å²) in [5, 5.41) is 20.0. The Morgan fingerprint density at radius 1 is 1.15 bits per heavy atom. The second kappa shape index (κ2) is 11.1. The van der Waals surface area contributed by atoms with Crippen LogP contribution in [-0.4, -0.2) is 59.8 Å². The van der Waals surface area contributed by atoms with Gasteiger partial charge >= 0.3 is 6.36 Å². The number of anilines is 2. The predicted octanol–water partition coefficient (Wildman–Crippen LogP) is 4.97. The molecule has 40 heavy (non-hydrogen) atoms. The van der Waals surface area contributed by atoms with Crippen LogP contribution >= 0.6 is 0 Å². The molecule has 2 unspecified atom stereocenters. The van der Waals surface area contributed by atoms with Gasteiger partial charge in [-0.1, -0.05) is 18.2 Å². The van der Waals surface area contributed by atoms with Crippen LogP contribution in [0.3, 0.4) is 0 Å². The van der Waals surface area contributed by atoms with Gasteiger partial charge in [0, 0.05) is 19.2 Å². The first kappa shape index (κ1) is 29.3. The summed E-state index contributed by atoms with van der Waals surface area (Å²) in [7, 11) is 1.54. The number of benzene rings is 2. The lowest BCUT2D eigenvalue weighted by Crippen LogP contribution is -2.42. The first-order chi connectivity index (χ1) is 18.7. The molecule has 1 amide bonds. The Morgan fingerprint density at radius 2 is 1.88 bits per heavy atom. The van der Waals surface area contributed by atoms with E-state index in [2.05, 4.69) is 9.72 Å².